The van der Waals surface area contributed by atoms with Crippen LogP contribution < -0.4 is 10.1 Å². The van der Waals surface area contributed by atoms with Crippen LogP contribution in [0, 0.1) is 6.92 Å². The van der Waals surface area contributed by atoms with E-state index in [1.165, 1.54) is 0 Å². The molecule has 2 N–H and O–H groups in total. The Kier molecular flexibility index (Phi) is 9.40. The molecule has 2 aromatic carbocycles. The molecule has 1 saturated heterocycles. The van der Waals surface area contributed by atoms with Gasteiger partial charge in [-0.15, -0.1) is 0 Å². The second kappa shape index (κ2) is 13.7. The normalized spacial score (nSPS) is 13.6. The molecular formula is C30H33N5O6. The Morgan fingerprint density at radius 3 is 2.56 bits per heavy atom. The molecule has 0 radical (unpaired) electrons. The van der Waals surface area contributed by atoms with E-state index in [9.17, 15) is 9.59 Å². The van der Waals surface area contributed by atoms with Crippen molar-refractivity contribution in [1.82, 2.24) is 20.3 Å². The number of carbonyl (C=O) groups is 2. The highest BCUT2D eigenvalue weighted by molar-refractivity contribution is 6.04. The van der Waals surface area contributed by atoms with Crippen molar-refractivity contribution in [2.75, 3.05) is 44.8 Å². The molecule has 0 spiro atoms. The smallest absolute Gasteiger partial charge is 0.306 e. The van der Waals surface area contributed by atoms with E-state index in [0.29, 0.717) is 35.9 Å². The number of anilines is 1. The summed E-state index contributed by atoms with van der Waals surface area (Å²) in [6.45, 7) is 6.69. The Morgan fingerprint density at radius 2 is 1.83 bits per heavy atom. The van der Waals surface area contributed by atoms with Crippen molar-refractivity contribution >= 4 is 17.7 Å². The number of carbonyl (C=O) groups excluding carboxylic acids is 2. The van der Waals surface area contributed by atoms with Gasteiger partial charge in [0.1, 0.15) is 30.4 Å². The Balaban J connectivity index is 1.05. The van der Waals surface area contributed by atoms with E-state index < -0.39 is 0 Å². The summed E-state index contributed by atoms with van der Waals surface area (Å²) in [7, 11) is 0. The Bertz CT molecular complexity index is 1420. The summed E-state index contributed by atoms with van der Waals surface area (Å²) in [6, 6.07) is 18.4. The van der Waals surface area contributed by atoms with Crippen LogP contribution in [-0.2, 0) is 27.3 Å². The number of hydrogen-bond donors (Lipinski definition) is 2. The predicted molar refractivity (Wildman–Crippen MR) is 151 cm³/mol. The number of benzene rings is 2. The third-order valence-corrected chi connectivity index (χ3v) is 6.66. The standard InChI is InChI=1S/C30H33N5O6/c1-21-18-25(34-41-21)20-40-29(36)11-4-22-2-5-23(6-3-22)27-19-28(33-32-27)31-30(37)24-7-9-26(10-8-24)39-17-14-35-12-15-38-16-13-35/h2-3,5-10,18-19H,4,11-17,20H2,1H3,(H2,31,32,33,37). The van der Waals surface area contributed by atoms with E-state index in [0.717, 1.165) is 55.4 Å². The van der Waals surface area contributed by atoms with Gasteiger partial charge in [0.05, 0.1) is 18.9 Å². The largest absolute Gasteiger partial charge is 0.492 e. The molecule has 11 nitrogen and oxygen atoms in total. The van der Waals surface area contributed by atoms with Gasteiger partial charge in [-0.25, -0.2) is 0 Å². The highest BCUT2D eigenvalue weighted by Crippen LogP contribution is 2.22. The first-order chi connectivity index (χ1) is 20.0. The molecule has 11 heteroatoms. The quantitative estimate of drug-likeness (QED) is 0.247. The third kappa shape index (κ3) is 8.26. The van der Waals surface area contributed by atoms with Gasteiger partial charge >= 0.3 is 5.97 Å². The lowest BCUT2D eigenvalue weighted by Crippen LogP contribution is -2.38. The van der Waals surface area contributed by atoms with Crippen LogP contribution in [0.15, 0.2) is 65.2 Å². The van der Waals surface area contributed by atoms with Crippen LogP contribution in [0.4, 0.5) is 5.82 Å². The summed E-state index contributed by atoms with van der Waals surface area (Å²) in [4.78, 5) is 27.1. The Labute approximate surface area is 237 Å². The zero-order chi connectivity index (χ0) is 28.4. The summed E-state index contributed by atoms with van der Waals surface area (Å²) >= 11 is 0. The number of amides is 1. The number of aromatic amines is 1. The van der Waals surface area contributed by atoms with Gasteiger partial charge in [-0.1, -0.05) is 29.4 Å². The van der Waals surface area contributed by atoms with Gasteiger partial charge < -0.3 is 24.1 Å². The molecule has 1 fully saturated rings. The number of nitrogens with one attached hydrogen (secondary N) is 2. The van der Waals surface area contributed by atoms with Crippen LogP contribution in [0.2, 0.25) is 0 Å². The molecule has 1 aliphatic rings. The molecule has 0 atom stereocenters. The zero-order valence-electron chi connectivity index (χ0n) is 22.9. The molecule has 4 aromatic rings. The topological polar surface area (TPSA) is 132 Å². The molecule has 41 heavy (non-hydrogen) atoms. The second-order valence-electron chi connectivity index (χ2n) is 9.73. The van der Waals surface area contributed by atoms with Crippen molar-refractivity contribution in [1.29, 1.82) is 0 Å². The molecule has 5 rings (SSSR count). The molecule has 2 aromatic heterocycles. The van der Waals surface area contributed by atoms with Crippen molar-refractivity contribution in [2.45, 2.75) is 26.4 Å². The van der Waals surface area contributed by atoms with E-state index in [-0.39, 0.29) is 24.9 Å². The van der Waals surface area contributed by atoms with Gasteiger partial charge in [-0.3, -0.25) is 19.6 Å². The SMILES string of the molecule is Cc1cc(COC(=O)CCc2ccc(-c3cc(NC(=O)c4ccc(OCCN5CCOCC5)cc4)n[nH]3)cc2)no1. The summed E-state index contributed by atoms with van der Waals surface area (Å²) in [5, 5.41) is 13.8. The molecule has 0 aliphatic carbocycles. The number of morpholine rings is 1. The van der Waals surface area contributed by atoms with E-state index in [4.69, 9.17) is 18.7 Å². The van der Waals surface area contributed by atoms with Crippen LogP contribution >= 0.6 is 0 Å². The molecule has 3 heterocycles. The average Bonchev–Trinajstić information content (AvgIpc) is 3.65. The van der Waals surface area contributed by atoms with Crippen molar-refractivity contribution in [3.05, 3.63) is 83.2 Å². The second-order valence-corrected chi connectivity index (χ2v) is 9.73. The van der Waals surface area contributed by atoms with Crippen LogP contribution in [0.1, 0.15) is 33.8 Å². The van der Waals surface area contributed by atoms with Gasteiger partial charge in [0.15, 0.2) is 5.82 Å². The zero-order valence-corrected chi connectivity index (χ0v) is 22.9. The van der Waals surface area contributed by atoms with Crippen molar-refractivity contribution in [3.63, 3.8) is 0 Å². The monoisotopic (exact) mass is 559 g/mol. The van der Waals surface area contributed by atoms with E-state index >= 15 is 0 Å². The van der Waals surface area contributed by atoms with E-state index in [1.54, 1.807) is 43.3 Å². The highest BCUT2D eigenvalue weighted by Gasteiger charge is 2.12. The van der Waals surface area contributed by atoms with Crippen LogP contribution in [0.25, 0.3) is 11.3 Å². The van der Waals surface area contributed by atoms with Gasteiger partial charge in [0.25, 0.3) is 5.91 Å². The van der Waals surface area contributed by atoms with Gasteiger partial charge in [0.2, 0.25) is 0 Å². The molecule has 1 aliphatic heterocycles. The minimum Gasteiger partial charge on any atom is -0.492 e. The van der Waals surface area contributed by atoms with E-state index in [1.807, 2.05) is 24.3 Å². The summed E-state index contributed by atoms with van der Waals surface area (Å²) in [6.07, 6.45) is 0.816. The molecular weight excluding hydrogens is 526 g/mol. The fourth-order valence-electron chi connectivity index (χ4n) is 4.35. The summed E-state index contributed by atoms with van der Waals surface area (Å²) < 4.78 is 21.4. The number of aryl methyl sites for hydroxylation is 2. The maximum atomic E-state index is 12.7. The van der Waals surface area contributed by atoms with Crippen LogP contribution in [-0.4, -0.2) is 71.6 Å². The van der Waals surface area contributed by atoms with E-state index in [2.05, 4.69) is 25.6 Å². The number of hydrogen-bond acceptors (Lipinski definition) is 9. The number of esters is 1. The first kappa shape index (κ1) is 28.1. The molecule has 0 unspecified atom stereocenters. The number of rotatable bonds is 12. The van der Waals surface area contributed by atoms with Crippen LogP contribution in [0.3, 0.4) is 0 Å². The van der Waals surface area contributed by atoms with Crippen molar-refractivity contribution < 1.29 is 28.3 Å². The molecule has 1 amide bonds. The number of nitrogens with zero attached hydrogens (tertiary/aromatic N) is 3. The number of ether oxygens (including phenoxy) is 3. The first-order valence-electron chi connectivity index (χ1n) is 13.6. The maximum absolute atomic E-state index is 12.7. The number of aromatic nitrogens is 3. The molecule has 214 valence electrons. The predicted octanol–water partition coefficient (Wildman–Crippen LogP) is 4.01. The minimum absolute atomic E-state index is 0.100. The molecule has 0 bridgehead atoms. The van der Waals surface area contributed by atoms with Gasteiger partial charge in [0, 0.05) is 43.8 Å². The Morgan fingerprint density at radius 1 is 1.05 bits per heavy atom. The summed E-state index contributed by atoms with van der Waals surface area (Å²) in [5.41, 5.74) is 3.77. The van der Waals surface area contributed by atoms with Gasteiger partial charge in [-0.05, 0) is 48.7 Å². The highest BCUT2D eigenvalue weighted by atomic mass is 16.5. The lowest BCUT2D eigenvalue weighted by molar-refractivity contribution is -0.145. The number of H-pyrrole nitrogens is 1. The van der Waals surface area contributed by atoms with Crippen molar-refractivity contribution in [3.8, 4) is 17.0 Å². The third-order valence-electron chi connectivity index (χ3n) is 6.66. The summed E-state index contributed by atoms with van der Waals surface area (Å²) in [5.74, 6) is 1.26. The fraction of sp³-hybridized carbons (Fsp3) is 0.333. The average molecular weight is 560 g/mol. The maximum Gasteiger partial charge on any atom is 0.306 e. The minimum atomic E-state index is -0.297. The van der Waals surface area contributed by atoms with Crippen molar-refractivity contribution in [2.24, 2.45) is 0 Å². The Hall–Kier alpha value is -4.48. The lowest BCUT2D eigenvalue weighted by Gasteiger charge is -2.26. The van der Waals surface area contributed by atoms with Gasteiger partial charge in [-0.2, -0.15) is 5.10 Å². The lowest BCUT2D eigenvalue weighted by atomic mass is 10.1. The fourth-order valence-corrected chi connectivity index (χ4v) is 4.35. The van der Waals surface area contributed by atoms with Crippen LogP contribution in [0.5, 0.6) is 5.75 Å². The first-order valence-corrected chi connectivity index (χ1v) is 13.6. The molecule has 0 saturated carbocycles.